The van der Waals surface area contributed by atoms with Crippen LogP contribution in [0.25, 0.3) is 0 Å². The summed E-state index contributed by atoms with van der Waals surface area (Å²) < 4.78 is 16.0. The van der Waals surface area contributed by atoms with E-state index in [1.807, 2.05) is 25.1 Å². The van der Waals surface area contributed by atoms with Gasteiger partial charge in [0.2, 0.25) is 0 Å². The number of methoxy groups -OCH3 is 1. The van der Waals surface area contributed by atoms with Gasteiger partial charge in [-0.15, -0.1) is 6.58 Å². The summed E-state index contributed by atoms with van der Waals surface area (Å²) in [6.45, 7) is 5.36. The zero-order valence-electron chi connectivity index (χ0n) is 13.7. The molecule has 2 aromatic rings. The summed E-state index contributed by atoms with van der Waals surface area (Å²) >= 11 is 0. The molecule has 0 radical (unpaired) electrons. The maximum atomic E-state index is 11.7. The van der Waals surface area contributed by atoms with Crippen LogP contribution in [-0.4, -0.2) is 25.8 Å². The number of nitrogens with zero attached hydrogens (tertiary/aromatic N) is 1. The molecule has 126 valence electrons. The minimum Gasteiger partial charge on any atom is -0.493 e. The van der Waals surface area contributed by atoms with Crippen LogP contribution >= 0.6 is 0 Å². The van der Waals surface area contributed by atoms with Gasteiger partial charge in [-0.05, 0) is 43.2 Å². The van der Waals surface area contributed by atoms with Crippen LogP contribution < -0.4 is 14.9 Å². The van der Waals surface area contributed by atoms with Crippen LogP contribution in [0.3, 0.4) is 0 Å². The number of ether oxygens (including phenoxy) is 2. The maximum absolute atomic E-state index is 11.7. The van der Waals surface area contributed by atoms with E-state index in [1.165, 1.54) is 6.21 Å². The number of aryl methyl sites for hydroxylation is 1. The molecule has 2 rings (SSSR count). The fourth-order valence-electron chi connectivity index (χ4n) is 1.99. The standard InChI is InChI=1S/C18H20N2O4/c1-4-5-14-7-9-16(17(10-14)22-3)23-12-18(21)20-19-11-15-8-6-13(2)24-15/h4,6-11H,1,5,12H2,2-3H3,(H,20,21). The zero-order chi connectivity index (χ0) is 17.4. The van der Waals surface area contributed by atoms with Gasteiger partial charge in [0.05, 0.1) is 13.3 Å². The lowest BCUT2D eigenvalue weighted by Gasteiger charge is -2.11. The van der Waals surface area contributed by atoms with Crippen molar-refractivity contribution < 1.29 is 18.7 Å². The van der Waals surface area contributed by atoms with Crippen LogP contribution in [0.1, 0.15) is 17.1 Å². The van der Waals surface area contributed by atoms with E-state index in [0.717, 1.165) is 17.7 Å². The highest BCUT2D eigenvalue weighted by molar-refractivity contribution is 5.81. The monoisotopic (exact) mass is 328 g/mol. The molecule has 0 bridgehead atoms. The Hall–Kier alpha value is -3.02. The molecule has 0 saturated carbocycles. The average Bonchev–Trinajstić information content (AvgIpc) is 2.99. The van der Waals surface area contributed by atoms with Crippen molar-refractivity contribution in [3.8, 4) is 11.5 Å². The number of furan rings is 1. The normalized spacial score (nSPS) is 10.6. The van der Waals surface area contributed by atoms with E-state index in [4.69, 9.17) is 13.9 Å². The highest BCUT2D eigenvalue weighted by atomic mass is 16.5. The van der Waals surface area contributed by atoms with E-state index < -0.39 is 0 Å². The zero-order valence-corrected chi connectivity index (χ0v) is 13.7. The summed E-state index contributed by atoms with van der Waals surface area (Å²) in [6.07, 6.45) is 3.97. The minimum atomic E-state index is -0.383. The van der Waals surface area contributed by atoms with Crippen molar-refractivity contribution in [2.24, 2.45) is 5.10 Å². The molecule has 0 atom stereocenters. The molecule has 0 aliphatic carbocycles. The molecular formula is C18H20N2O4. The minimum absolute atomic E-state index is 0.175. The highest BCUT2D eigenvalue weighted by Gasteiger charge is 2.08. The molecule has 0 aliphatic heterocycles. The number of hydrogen-bond donors (Lipinski definition) is 1. The van der Waals surface area contributed by atoms with E-state index in [0.29, 0.717) is 17.3 Å². The quantitative estimate of drug-likeness (QED) is 0.459. The number of hydrazone groups is 1. The van der Waals surface area contributed by atoms with Gasteiger partial charge in [-0.2, -0.15) is 5.10 Å². The first-order chi connectivity index (χ1) is 11.6. The smallest absolute Gasteiger partial charge is 0.277 e. The Morgan fingerprint density at radius 3 is 2.83 bits per heavy atom. The first kappa shape index (κ1) is 17.3. The fraction of sp³-hybridized carbons (Fsp3) is 0.222. The Balaban J connectivity index is 1.86. The van der Waals surface area contributed by atoms with Gasteiger partial charge in [0, 0.05) is 0 Å². The Bertz CT molecular complexity index is 734. The van der Waals surface area contributed by atoms with Gasteiger partial charge >= 0.3 is 0 Å². The van der Waals surface area contributed by atoms with E-state index >= 15 is 0 Å². The van der Waals surface area contributed by atoms with Gasteiger partial charge < -0.3 is 13.9 Å². The van der Waals surface area contributed by atoms with Gasteiger partial charge in [-0.25, -0.2) is 5.43 Å². The van der Waals surface area contributed by atoms with Crippen molar-refractivity contribution in [1.82, 2.24) is 5.43 Å². The lowest BCUT2D eigenvalue weighted by molar-refractivity contribution is -0.123. The maximum Gasteiger partial charge on any atom is 0.277 e. The number of amides is 1. The summed E-state index contributed by atoms with van der Waals surface area (Å²) in [5, 5.41) is 3.81. The summed E-state index contributed by atoms with van der Waals surface area (Å²) in [6, 6.07) is 9.09. The van der Waals surface area contributed by atoms with E-state index in [2.05, 4.69) is 17.1 Å². The molecular weight excluding hydrogens is 308 g/mol. The predicted molar refractivity (Wildman–Crippen MR) is 91.6 cm³/mol. The van der Waals surface area contributed by atoms with Crippen LogP contribution in [0, 0.1) is 6.92 Å². The molecule has 1 amide bonds. The van der Waals surface area contributed by atoms with Crippen molar-refractivity contribution in [1.29, 1.82) is 0 Å². The molecule has 24 heavy (non-hydrogen) atoms. The summed E-state index contributed by atoms with van der Waals surface area (Å²) in [4.78, 5) is 11.7. The topological polar surface area (TPSA) is 73.1 Å². The van der Waals surface area contributed by atoms with Crippen LogP contribution in [-0.2, 0) is 11.2 Å². The molecule has 6 heteroatoms. The molecule has 0 fully saturated rings. The van der Waals surface area contributed by atoms with Crippen LogP contribution in [0.5, 0.6) is 11.5 Å². The largest absolute Gasteiger partial charge is 0.493 e. The average molecular weight is 328 g/mol. The summed E-state index contributed by atoms with van der Waals surface area (Å²) in [7, 11) is 1.55. The number of nitrogens with one attached hydrogen (secondary N) is 1. The van der Waals surface area contributed by atoms with E-state index in [1.54, 1.807) is 25.3 Å². The Morgan fingerprint density at radius 1 is 1.33 bits per heavy atom. The summed E-state index contributed by atoms with van der Waals surface area (Å²) in [5.74, 6) is 2.01. The van der Waals surface area contributed by atoms with Crippen molar-refractivity contribution in [2.45, 2.75) is 13.3 Å². The molecule has 0 unspecified atom stereocenters. The number of benzene rings is 1. The molecule has 1 N–H and O–H groups in total. The van der Waals surface area contributed by atoms with Crippen LogP contribution in [0.15, 0.2) is 52.5 Å². The molecule has 0 saturated heterocycles. The predicted octanol–water partition coefficient (Wildman–Crippen LogP) is 2.85. The van der Waals surface area contributed by atoms with Crippen molar-refractivity contribution in [2.75, 3.05) is 13.7 Å². The lowest BCUT2D eigenvalue weighted by Crippen LogP contribution is -2.24. The molecule has 1 heterocycles. The van der Waals surface area contributed by atoms with Gasteiger partial charge in [0.15, 0.2) is 18.1 Å². The molecule has 1 aromatic carbocycles. The highest BCUT2D eigenvalue weighted by Crippen LogP contribution is 2.28. The third-order valence-electron chi connectivity index (χ3n) is 3.11. The Morgan fingerprint density at radius 2 is 2.17 bits per heavy atom. The first-order valence-corrected chi connectivity index (χ1v) is 7.41. The SMILES string of the molecule is C=CCc1ccc(OCC(=O)NN=Cc2ccc(C)o2)c(OC)c1. The van der Waals surface area contributed by atoms with E-state index in [-0.39, 0.29) is 12.5 Å². The third-order valence-corrected chi connectivity index (χ3v) is 3.11. The second kappa shape index (κ2) is 8.57. The first-order valence-electron chi connectivity index (χ1n) is 7.41. The van der Waals surface area contributed by atoms with Gasteiger partial charge in [0.25, 0.3) is 5.91 Å². The molecule has 0 spiro atoms. The molecule has 0 aliphatic rings. The van der Waals surface area contributed by atoms with Gasteiger partial charge in [-0.3, -0.25) is 4.79 Å². The number of carbonyl (C=O) groups is 1. The molecule has 1 aromatic heterocycles. The number of carbonyl (C=O) groups excluding carboxylic acids is 1. The lowest BCUT2D eigenvalue weighted by atomic mass is 10.1. The second-order valence-electron chi connectivity index (χ2n) is 5.01. The van der Waals surface area contributed by atoms with E-state index in [9.17, 15) is 4.79 Å². The van der Waals surface area contributed by atoms with Gasteiger partial charge in [-0.1, -0.05) is 12.1 Å². The van der Waals surface area contributed by atoms with Gasteiger partial charge in [0.1, 0.15) is 11.5 Å². The number of allylic oxidation sites excluding steroid dienone is 1. The fourth-order valence-corrected chi connectivity index (χ4v) is 1.99. The Labute approximate surface area is 140 Å². The molecule has 6 nitrogen and oxygen atoms in total. The van der Waals surface area contributed by atoms with Crippen LogP contribution in [0.2, 0.25) is 0 Å². The Kier molecular flexibility index (Phi) is 6.19. The second-order valence-corrected chi connectivity index (χ2v) is 5.01. The van der Waals surface area contributed by atoms with Crippen molar-refractivity contribution >= 4 is 12.1 Å². The van der Waals surface area contributed by atoms with Crippen molar-refractivity contribution in [3.63, 3.8) is 0 Å². The van der Waals surface area contributed by atoms with Crippen LogP contribution in [0.4, 0.5) is 0 Å². The third kappa shape index (κ3) is 5.01. The summed E-state index contributed by atoms with van der Waals surface area (Å²) in [5.41, 5.74) is 3.42. The number of hydrogen-bond acceptors (Lipinski definition) is 5. The van der Waals surface area contributed by atoms with Crippen molar-refractivity contribution in [3.05, 3.63) is 60.1 Å². The number of rotatable bonds is 8.